The van der Waals surface area contributed by atoms with Crippen LogP contribution in [-0.2, 0) is 0 Å². The number of anilines is 2. The standard InChI is InChI=1S/C13H19N7/c1-19-6-8-20(9-7-19)18-12-10-4-2-3-5-11(10)15-13(16-12)17-14/h2-5H,6-9,14H2,1H3,(H2,15,16,17,18). The minimum Gasteiger partial charge on any atom is -0.304 e. The lowest BCUT2D eigenvalue weighted by Gasteiger charge is -2.32. The number of benzene rings is 1. The SMILES string of the molecule is CN1CCN(Nc2nc(NN)nc3ccccc23)CC1. The largest absolute Gasteiger partial charge is 0.304 e. The Morgan fingerprint density at radius 1 is 1.10 bits per heavy atom. The molecule has 20 heavy (non-hydrogen) atoms. The molecule has 3 rings (SSSR count). The van der Waals surface area contributed by atoms with Crippen LogP contribution < -0.4 is 16.7 Å². The molecule has 1 aliphatic rings. The maximum atomic E-state index is 5.44. The molecule has 2 aromatic rings. The second-order valence-corrected chi connectivity index (χ2v) is 4.96. The third kappa shape index (κ3) is 2.64. The molecule has 1 fully saturated rings. The third-order valence-electron chi connectivity index (χ3n) is 3.50. The number of fused-ring (bicyclic) bond motifs is 1. The summed E-state index contributed by atoms with van der Waals surface area (Å²) in [5, 5.41) is 3.17. The van der Waals surface area contributed by atoms with Crippen molar-refractivity contribution in [3.05, 3.63) is 24.3 Å². The minimum absolute atomic E-state index is 0.417. The number of nitrogens with two attached hydrogens (primary N) is 1. The number of rotatable bonds is 3. The second-order valence-electron chi connectivity index (χ2n) is 4.96. The van der Waals surface area contributed by atoms with E-state index in [1.807, 2.05) is 24.3 Å². The van der Waals surface area contributed by atoms with Crippen LogP contribution in [0.2, 0.25) is 0 Å². The quantitative estimate of drug-likeness (QED) is 0.554. The maximum absolute atomic E-state index is 5.44. The fourth-order valence-electron chi connectivity index (χ4n) is 2.29. The number of hydrazine groups is 2. The number of para-hydroxylation sites is 1. The number of hydrogen-bond donors (Lipinski definition) is 3. The van der Waals surface area contributed by atoms with Crippen LogP contribution in [0.5, 0.6) is 0 Å². The number of likely N-dealkylation sites (N-methyl/N-ethyl adjacent to an activating group) is 1. The van der Waals surface area contributed by atoms with Gasteiger partial charge in [-0.2, -0.15) is 4.98 Å². The molecule has 7 heteroatoms. The molecule has 0 saturated carbocycles. The summed E-state index contributed by atoms with van der Waals surface area (Å²) < 4.78 is 0. The molecule has 0 amide bonds. The van der Waals surface area contributed by atoms with Gasteiger partial charge in [0.2, 0.25) is 5.95 Å². The molecular weight excluding hydrogens is 254 g/mol. The Balaban J connectivity index is 1.89. The van der Waals surface area contributed by atoms with E-state index in [0.29, 0.717) is 5.95 Å². The third-order valence-corrected chi connectivity index (χ3v) is 3.50. The molecule has 106 valence electrons. The molecule has 0 atom stereocenters. The van der Waals surface area contributed by atoms with E-state index >= 15 is 0 Å². The Bertz CT molecular complexity index is 592. The van der Waals surface area contributed by atoms with Crippen LogP contribution in [-0.4, -0.2) is 53.1 Å². The summed E-state index contributed by atoms with van der Waals surface area (Å²) >= 11 is 0. The first-order valence-corrected chi connectivity index (χ1v) is 6.70. The molecule has 1 aliphatic heterocycles. The van der Waals surface area contributed by atoms with Crippen molar-refractivity contribution < 1.29 is 0 Å². The molecule has 4 N–H and O–H groups in total. The van der Waals surface area contributed by atoms with Crippen LogP contribution in [0.3, 0.4) is 0 Å². The number of nitrogens with one attached hydrogen (secondary N) is 2. The van der Waals surface area contributed by atoms with Crippen LogP contribution >= 0.6 is 0 Å². The van der Waals surface area contributed by atoms with E-state index in [-0.39, 0.29) is 0 Å². The van der Waals surface area contributed by atoms with E-state index in [0.717, 1.165) is 42.9 Å². The average molecular weight is 273 g/mol. The first-order chi connectivity index (χ1) is 9.76. The van der Waals surface area contributed by atoms with Crippen molar-refractivity contribution in [3.8, 4) is 0 Å². The summed E-state index contributed by atoms with van der Waals surface area (Å²) in [6.07, 6.45) is 0. The van der Waals surface area contributed by atoms with E-state index in [9.17, 15) is 0 Å². The Morgan fingerprint density at radius 2 is 1.85 bits per heavy atom. The highest BCUT2D eigenvalue weighted by Crippen LogP contribution is 2.22. The van der Waals surface area contributed by atoms with E-state index in [1.165, 1.54) is 0 Å². The predicted octanol–water partition coefficient (Wildman–Crippen LogP) is 0.490. The molecule has 1 aromatic heterocycles. The molecule has 7 nitrogen and oxygen atoms in total. The zero-order chi connectivity index (χ0) is 13.9. The van der Waals surface area contributed by atoms with Crippen molar-refractivity contribution >= 4 is 22.7 Å². The van der Waals surface area contributed by atoms with Crippen LogP contribution in [0, 0.1) is 0 Å². The molecule has 0 radical (unpaired) electrons. The van der Waals surface area contributed by atoms with Gasteiger partial charge in [-0.25, -0.2) is 15.8 Å². The molecule has 1 aromatic carbocycles. The molecule has 0 bridgehead atoms. The van der Waals surface area contributed by atoms with Gasteiger partial charge in [-0.1, -0.05) is 12.1 Å². The van der Waals surface area contributed by atoms with Gasteiger partial charge in [0.05, 0.1) is 5.52 Å². The lowest BCUT2D eigenvalue weighted by atomic mass is 10.2. The summed E-state index contributed by atoms with van der Waals surface area (Å²) in [4.78, 5) is 11.1. The van der Waals surface area contributed by atoms with Gasteiger partial charge in [0.1, 0.15) is 0 Å². The van der Waals surface area contributed by atoms with Crippen LogP contribution in [0.25, 0.3) is 10.9 Å². The van der Waals surface area contributed by atoms with E-state index in [1.54, 1.807) is 0 Å². The van der Waals surface area contributed by atoms with Gasteiger partial charge in [-0.15, -0.1) is 0 Å². The zero-order valence-electron chi connectivity index (χ0n) is 11.5. The second kappa shape index (κ2) is 5.58. The molecular formula is C13H19N7. The smallest absolute Gasteiger partial charge is 0.239 e. The van der Waals surface area contributed by atoms with Crippen molar-refractivity contribution in [2.45, 2.75) is 0 Å². The maximum Gasteiger partial charge on any atom is 0.239 e. The lowest BCUT2D eigenvalue weighted by molar-refractivity contribution is 0.178. The highest BCUT2D eigenvalue weighted by molar-refractivity contribution is 5.89. The summed E-state index contributed by atoms with van der Waals surface area (Å²) in [5.41, 5.74) is 6.76. The Hall–Kier alpha value is -1.96. The number of hydrogen-bond acceptors (Lipinski definition) is 7. The molecule has 0 unspecified atom stereocenters. The van der Waals surface area contributed by atoms with Crippen molar-refractivity contribution in [1.29, 1.82) is 0 Å². The van der Waals surface area contributed by atoms with Gasteiger partial charge in [0.15, 0.2) is 5.82 Å². The first-order valence-electron chi connectivity index (χ1n) is 6.70. The van der Waals surface area contributed by atoms with Crippen molar-refractivity contribution in [1.82, 2.24) is 19.9 Å². The van der Waals surface area contributed by atoms with Crippen LogP contribution in [0.1, 0.15) is 0 Å². The normalized spacial score (nSPS) is 17.3. The molecule has 0 aliphatic carbocycles. The highest BCUT2D eigenvalue weighted by Gasteiger charge is 2.15. The fraction of sp³-hybridized carbons (Fsp3) is 0.385. The van der Waals surface area contributed by atoms with Gasteiger partial charge in [0, 0.05) is 31.6 Å². The Labute approximate surface area is 117 Å². The van der Waals surface area contributed by atoms with Crippen LogP contribution in [0.15, 0.2) is 24.3 Å². The minimum atomic E-state index is 0.417. The predicted molar refractivity (Wildman–Crippen MR) is 80.0 cm³/mol. The summed E-state index contributed by atoms with van der Waals surface area (Å²) in [7, 11) is 2.13. The first kappa shape index (κ1) is 13.0. The van der Waals surface area contributed by atoms with E-state index < -0.39 is 0 Å². The van der Waals surface area contributed by atoms with Crippen molar-refractivity contribution in [2.24, 2.45) is 5.84 Å². The van der Waals surface area contributed by atoms with Crippen LogP contribution in [0.4, 0.5) is 11.8 Å². The van der Waals surface area contributed by atoms with E-state index in [2.05, 4.69) is 37.8 Å². The average Bonchev–Trinajstić information content (AvgIpc) is 2.49. The highest BCUT2D eigenvalue weighted by atomic mass is 15.5. The van der Waals surface area contributed by atoms with Gasteiger partial charge in [-0.3, -0.25) is 5.43 Å². The Kier molecular flexibility index (Phi) is 3.64. The summed E-state index contributed by atoms with van der Waals surface area (Å²) in [6, 6.07) is 7.90. The molecule has 1 saturated heterocycles. The van der Waals surface area contributed by atoms with Gasteiger partial charge >= 0.3 is 0 Å². The fourth-order valence-corrected chi connectivity index (χ4v) is 2.29. The topological polar surface area (TPSA) is 82.3 Å². The van der Waals surface area contributed by atoms with Gasteiger partial charge < -0.3 is 10.3 Å². The molecule has 2 heterocycles. The van der Waals surface area contributed by atoms with Crippen molar-refractivity contribution in [3.63, 3.8) is 0 Å². The summed E-state index contributed by atoms with van der Waals surface area (Å²) in [6.45, 7) is 4.00. The zero-order valence-corrected chi connectivity index (χ0v) is 11.5. The monoisotopic (exact) mass is 273 g/mol. The number of piperazine rings is 1. The Morgan fingerprint density at radius 3 is 2.60 bits per heavy atom. The van der Waals surface area contributed by atoms with Gasteiger partial charge in [-0.05, 0) is 19.2 Å². The van der Waals surface area contributed by atoms with Gasteiger partial charge in [0.25, 0.3) is 0 Å². The lowest BCUT2D eigenvalue weighted by Crippen LogP contribution is -2.47. The number of nitrogen functional groups attached to an aromatic ring is 1. The number of aromatic nitrogens is 2. The summed E-state index contributed by atoms with van der Waals surface area (Å²) in [5.74, 6) is 6.64. The number of nitrogens with zero attached hydrogens (tertiary/aromatic N) is 4. The van der Waals surface area contributed by atoms with E-state index in [4.69, 9.17) is 5.84 Å². The molecule has 0 spiro atoms. The van der Waals surface area contributed by atoms with Crippen molar-refractivity contribution in [2.75, 3.05) is 44.1 Å².